The van der Waals surface area contributed by atoms with Crippen LogP contribution < -0.4 is 4.74 Å². The fraction of sp³-hybridized carbons (Fsp3) is 0.619. The molecule has 0 aromatic heterocycles. The minimum atomic E-state index is -4.77. The van der Waals surface area contributed by atoms with Gasteiger partial charge in [0.2, 0.25) is 0 Å². The number of carbonyl (C=O) groups excluding carboxylic acids is 1. The van der Waals surface area contributed by atoms with Crippen LogP contribution in [0.3, 0.4) is 0 Å². The van der Waals surface area contributed by atoms with Crippen molar-refractivity contribution in [1.82, 2.24) is 9.80 Å². The SMILES string of the molecule is [C-]#[N+]C(CC)(c1ccc(OC(F)(F)F)cc1)N1CCN(C(=O)OC(C)(C)C)C[C@@H]1C. The van der Waals surface area contributed by atoms with Crippen LogP contribution in [0, 0.1) is 6.57 Å². The molecule has 1 amide bonds. The molecule has 0 radical (unpaired) electrons. The Morgan fingerprint density at radius 2 is 1.80 bits per heavy atom. The molecule has 1 unspecified atom stereocenters. The van der Waals surface area contributed by atoms with Gasteiger partial charge in [-0.2, -0.15) is 0 Å². The third-order valence-electron chi connectivity index (χ3n) is 4.98. The average molecular weight is 427 g/mol. The molecular formula is C21H28F3N3O3. The van der Waals surface area contributed by atoms with Crippen molar-refractivity contribution < 1.29 is 27.4 Å². The predicted octanol–water partition coefficient (Wildman–Crippen LogP) is 5.01. The second-order valence-electron chi connectivity index (χ2n) is 8.32. The lowest BCUT2D eigenvalue weighted by Gasteiger charge is -2.44. The Morgan fingerprint density at radius 1 is 1.20 bits per heavy atom. The molecule has 0 N–H and O–H groups in total. The highest BCUT2D eigenvalue weighted by Gasteiger charge is 2.48. The van der Waals surface area contributed by atoms with Crippen LogP contribution in [-0.2, 0) is 10.4 Å². The lowest BCUT2D eigenvalue weighted by atomic mass is 9.92. The van der Waals surface area contributed by atoms with E-state index < -0.39 is 23.7 Å². The minimum absolute atomic E-state index is 0.147. The van der Waals surface area contributed by atoms with Crippen LogP contribution in [0.4, 0.5) is 18.0 Å². The van der Waals surface area contributed by atoms with Crippen LogP contribution in [-0.4, -0.2) is 53.5 Å². The summed E-state index contributed by atoms with van der Waals surface area (Å²) in [5.41, 5.74) is -1.05. The zero-order valence-corrected chi connectivity index (χ0v) is 17.9. The fourth-order valence-electron chi connectivity index (χ4n) is 3.70. The topological polar surface area (TPSA) is 46.4 Å². The molecule has 1 aromatic rings. The molecule has 6 nitrogen and oxygen atoms in total. The second kappa shape index (κ2) is 8.72. The van der Waals surface area contributed by atoms with E-state index in [4.69, 9.17) is 11.3 Å². The van der Waals surface area contributed by atoms with Crippen molar-refractivity contribution in [1.29, 1.82) is 0 Å². The zero-order valence-electron chi connectivity index (χ0n) is 17.9. The number of alkyl halides is 3. The number of benzene rings is 1. The summed E-state index contributed by atoms with van der Waals surface area (Å²) >= 11 is 0. The van der Waals surface area contributed by atoms with E-state index in [0.717, 1.165) is 0 Å². The summed E-state index contributed by atoms with van der Waals surface area (Å²) in [5, 5.41) is 0. The van der Waals surface area contributed by atoms with E-state index in [1.807, 2.05) is 18.7 Å². The highest BCUT2D eigenvalue weighted by atomic mass is 19.4. The van der Waals surface area contributed by atoms with Gasteiger partial charge >= 0.3 is 18.1 Å². The van der Waals surface area contributed by atoms with Gasteiger partial charge in [0.05, 0.1) is 5.56 Å². The number of piperazine rings is 1. The molecule has 1 aromatic carbocycles. The largest absolute Gasteiger partial charge is 0.573 e. The van der Waals surface area contributed by atoms with E-state index in [1.54, 1.807) is 25.7 Å². The Bertz CT molecular complexity index is 784. The van der Waals surface area contributed by atoms with E-state index in [2.05, 4.69) is 9.58 Å². The van der Waals surface area contributed by atoms with Crippen molar-refractivity contribution in [2.45, 2.75) is 64.7 Å². The van der Waals surface area contributed by atoms with Crippen LogP contribution in [0.5, 0.6) is 5.75 Å². The highest BCUT2D eigenvalue weighted by molar-refractivity contribution is 5.68. The molecule has 0 saturated carbocycles. The van der Waals surface area contributed by atoms with Crippen molar-refractivity contribution in [3.63, 3.8) is 0 Å². The van der Waals surface area contributed by atoms with Crippen LogP contribution in [0.25, 0.3) is 4.85 Å². The molecule has 2 atom stereocenters. The van der Waals surface area contributed by atoms with E-state index in [0.29, 0.717) is 31.6 Å². The normalized spacial score (nSPS) is 20.2. The molecule has 30 heavy (non-hydrogen) atoms. The van der Waals surface area contributed by atoms with Gasteiger partial charge in [0.15, 0.2) is 0 Å². The smallest absolute Gasteiger partial charge is 0.444 e. The Hall–Kier alpha value is -2.47. The van der Waals surface area contributed by atoms with Crippen LogP contribution in [0.15, 0.2) is 24.3 Å². The van der Waals surface area contributed by atoms with Crippen LogP contribution >= 0.6 is 0 Å². The molecule has 1 heterocycles. The van der Waals surface area contributed by atoms with Gasteiger partial charge in [0, 0.05) is 32.1 Å². The summed E-state index contributed by atoms with van der Waals surface area (Å²) in [7, 11) is 0. The number of halogens is 3. The van der Waals surface area contributed by atoms with E-state index in [9.17, 15) is 18.0 Å². The van der Waals surface area contributed by atoms with Gasteiger partial charge in [-0.05, 0) is 52.0 Å². The molecule has 1 saturated heterocycles. The molecule has 1 aliphatic heterocycles. The van der Waals surface area contributed by atoms with Crippen LogP contribution in [0.1, 0.15) is 46.6 Å². The van der Waals surface area contributed by atoms with E-state index in [1.165, 1.54) is 24.3 Å². The molecule has 0 spiro atoms. The maximum absolute atomic E-state index is 12.4. The van der Waals surface area contributed by atoms with Gasteiger partial charge in [-0.25, -0.2) is 16.3 Å². The standard InChI is InChI=1S/C21H28F3N3O3/c1-7-20(25-6,16-8-10-17(11-9-16)29-21(22,23)24)27-13-12-26(14-15(27)2)18(28)30-19(3,4)5/h8-11,15H,7,12-14H2,1-5H3/t15-,20?/m0/s1. The number of ether oxygens (including phenoxy) is 2. The highest BCUT2D eigenvalue weighted by Crippen LogP contribution is 2.38. The van der Waals surface area contributed by atoms with Gasteiger partial charge in [-0.1, -0.05) is 6.92 Å². The molecule has 166 valence electrons. The summed E-state index contributed by atoms with van der Waals surface area (Å²) < 4.78 is 46.7. The van der Waals surface area contributed by atoms with Gasteiger partial charge in [0.1, 0.15) is 11.4 Å². The number of carbonyl (C=O) groups is 1. The lowest BCUT2D eigenvalue weighted by molar-refractivity contribution is -0.274. The van der Waals surface area contributed by atoms with Crippen molar-refractivity contribution in [2.24, 2.45) is 0 Å². The Labute approximate surface area is 175 Å². The summed E-state index contributed by atoms with van der Waals surface area (Å²) in [5.74, 6) is -0.330. The first-order chi connectivity index (χ1) is 13.8. The monoisotopic (exact) mass is 427 g/mol. The van der Waals surface area contributed by atoms with Gasteiger partial charge in [-0.15, -0.1) is 13.2 Å². The van der Waals surface area contributed by atoms with Gasteiger partial charge < -0.3 is 14.4 Å². The van der Waals surface area contributed by atoms with Crippen molar-refractivity contribution in [3.05, 3.63) is 41.2 Å². The lowest BCUT2D eigenvalue weighted by Crippen LogP contribution is -2.60. The van der Waals surface area contributed by atoms with Crippen molar-refractivity contribution >= 4 is 6.09 Å². The summed E-state index contributed by atoms with van der Waals surface area (Å²) in [6.45, 7) is 18.3. The third kappa shape index (κ3) is 5.57. The molecular weight excluding hydrogens is 399 g/mol. The third-order valence-corrected chi connectivity index (χ3v) is 4.98. The maximum atomic E-state index is 12.4. The zero-order chi connectivity index (χ0) is 22.7. The molecule has 1 fully saturated rings. The number of nitrogens with zero attached hydrogens (tertiary/aromatic N) is 3. The van der Waals surface area contributed by atoms with Crippen molar-refractivity contribution in [3.8, 4) is 5.75 Å². The first kappa shape index (κ1) is 23.8. The first-order valence-electron chi connectivity index (χ1n) is 9.81. The summed E-state index contributed by atoms with van der Waals surface area (Å²) in [6.07, 6.45) is -4.73. The maximum Gasteiger partial charge on any atom is 0.573 e. The molecule has 0 aliphatic carbocycles. The molecule has 0 bridgehead atoms. The van der Waals surface area contributed by atoms with Crippen LogP contribution in [0.2, 0.25) is 0 Å². The molecule has 1 aliphatic rings. The minimum Gasteiger partial charge on any atom is -0.444 e. The van der Waals surface area contributed by atoms with E-state index in [-0.39, 0.29) is 11.8 Å². The number of amides is 1. The number of hydrogen-bond donors (Lipinski definition) is 0. The summed E-state index contributed by atoms with van der Waals surface area (Å²) in [4.78, 5) is 19.9. The fourth-order valence-corrected chi connectivity index (χ4v) is 3.70. The first-order valence-corrected chi connectivity index (χ1v) is 9.81. The quantitative estimate of drug-likeness (QED) is 0.634. The Morgan fingerprint density at radius 3 is 2.23 bits per heavy atom. The van der Waals surface area contributed by atoms with Crippen molar-refractivity contribution in [2.75, 3.05) is 19.6 Å². The average Bonchev–Trinajstić information content (AvgIpc) is 2.62. The number of rotatable bonds is 4. The van der Waals surface area contributed by atoms with Gasteiger partial charge in [-0.3, -0.25) is 4.85 Å². The predicted molar refractivity (Wildman–Crippen MR) is 106 cm³/mol. The Kier molecular flexibility index (Phi) is 6.92. The second-order valence-corrected chi connectivity index (χ2v) is 8.32. The van der Waals surface area contributed by atoms with E-state index >= 15 is 0 Å². The number of hydrogen-bond acceptors (Lipinski definition) is 4. The molecule has 9 heteroatoms. The van der Waals surface area contributed by atoms with Gasteiger partial charge in [0.25, 0.3) is 0 Å². The summed E-state index contributed by atoms with van der Waals surface area (Å²) in [6, 6.07) is 5.29. The molecule has 2 rings (SSSR count). The Balaban J connectivity index is 2.22.